The number of aryl methyl sites for hydroxylation is 1. The fourth-order valence-corrected chi connectivity index (χ4v) is 4.40. The summed E-state index contributed by atoms with van der Waals surface area (Å²) in [6.45, 7) is 1.99. The summed E-state index contributed by atoms with van der Waals surface area (Å²) in [4.78, 5) is 37.3. The van der Waals surface area contributed by atoms with Gasteiger partial charge in [-0.25, -0.2) is 0 Å². The summed E-state index contributed by atoms with van der Waals surface area (Å²) in [7, 11) is 0. The molecule has 0 bridgehead atoms. The van der Waals surface area contributed by atoms with Crippen LogP contribution in [0.5, 0.6) is 0 Å². The molecule has 2 aromatic carbocycles. The SMILES string of the molecule is Cc1ccc(NC(=O)c2ccc(NC(=O)[C@H]3CC(=O)OC34CCCCC4)cc2)cc1. The van der Waals surface area contributed by atoms with E-state index in [4.69, 9.17) is 4.74 Å². The first kappa shape index (κ1) is 20.1. The maximum absolute atomic E-state index is 12.9. The van der Waals surface area contributed by atoms with Crippen molar-refractivity contribution < 1.29 is 19.1 Å². The zero-order valence-electron chi connectivity index (χ0n) is 17.1. The Morgan fingerprint density at radius 2 is 1.50 bits per heavy atom. The van der Waals surface area contributed by atoms with Crippen LogP contribution in [0.15, 0.2) is 48.5 Å². The van der Waals surface area contributed by atoms with Crippen molar-refractivity contribution in [3.8, 4) is 0 Å². The number of rotatable bonds is 4. The fourth-order valence-electron chi connectivity index (χ4n) is 4.40. The predicted octanol–water partition coefficient (Wildman–Crippen LogP) is 4.45. The van der Waals surface area contributed by atoms with E-state index in [2.05, 4.69) is 10.6 Å². The van der Waals surface area contributed by atoms with Gasteiger partial charge in [-0.1, -0.05) is 24.1 Å². The van der Waals surface area contributed by atoms with Crippen LogP contribution in [0, 0.1) is 12.8 Å². The summed E-state index contributed by atoms with van der Waals surface area (Å²) >= 11 is 0. The number of carbonyl (C=O) groups excluding carboxylic acids is 3. The molecule has 1 aliphatic heterocycles. The highest BCUT2D eigenvalue weighted by atomic mass is 16.6. The van der Waals surface area contributed by atoms with Crippen LogP contribution < -0.4 is 10.6 Å². The highest BCUT2D eigenvalue weighted by Gasteiger charge is 2.52. The molecule has 2 N–H and O–H groups in total. The van der Waals surface area contributed by atoms with Crippen LogP contribution >= 0.6 is 0 Å². The minimum atomic E-state index is -0.646. The molecule has 2 fully saturated rings. The zero-order valence-corrected chi connectivity index (χ0v) is 17.1. The van der Waals surface area contributed by atoms with Gasteiger partial charge in [-0.05, 0) is 69.0 Å². The Morgan fingerprint density at radius 1 is 0.900 bits per heavy atom. The predicted molar refractivity (Wildman–Crippen MR) is 114 cm³/mol. The van der Waals surface area contributed by atoms with Crippen LogP contribution in [0.4, 0.5) is 11.4 Å². The second kappa shape index (κ2) is 8.30. The van der Waals surface area contributed by atoms with Crippen LogP contribution in [0.3, 0.4) is 0 Å². The van der Waals surface area contributed by atoms with Crippen LogP contribution in [0.25, 0.3) is 0 Å². The Kier molecular flexibility index (Phi) is 5.57. The van der Waals surface area contributed by atoms with E-state index in [1.54, 1.807) is 24.3 Å². The number of hydrogen-bond donors (Lipinski definition) is 2. The number of carbonyl (C=O) groups is 3. The Morgan fingerprint density at radius 3 is 2.17 bits per heavy atom. The number of hydrogen-bond acceptors (Lipinski definition) is 4. The number of ether oxygens (including phenoxy) is 1. The third kappa shape index (κ3) is 4.22. The van der Waals surface area contributed by atoms with Crippen molar-refractivity contribution in [3.05, 3.63) is 59.7 Å². The molecular formula is C24H26N2O4. The van der Waals surface area contributed by atoms with Gasteiger partial charge in [-0.3, -0.25) is 14.4 Å². The van der Waals surface area contributed by atoms with Crippen molar-refractivity contribution in [3.63, 3.8) is 0 Å². The molecule has 1 spiro atoms. The first-order chi connectivity index (χ1) is 14.4. The third-order valence-electron chi connectivity index (χ3n) is 6.06. The van der Waals surface area contributed by atoms with E-state index >= 15 is 0 Å². The zero-order chi connectivity index (χ0) is 21.1. The highest BCUT2D eigenvalue weighted by molar-refractivity contribution is 6.04. The molecule has 4 rings (SSSR count). The minimum absolute atomic E-state index is 0.128. The lowest BCUT2D eigenvalue weighted by Gasteiger charge is -2.36. The minimum Gasteiger partial charge on any atom is -0.458 e. The molecule has 1 atom stereocenters. The monoisotopic (exact) mass is 406 g/mol. The van der Waals surface area contributed by atoms with Crippen LogP contribution in [0.1, 0.15) is 54.4 Å². The lowest BCUT2D eigenvalue weighted by Crippen LogP contribution is -2.43. The van der Waals surface area contributed by atoms with E-state index in [1.807, 2.05) is 31.2 Å². The molecule has 1 saturated heterocycles. The van der Waals surface area contributed by atoms with Gasteiger partial charge in [-0.2, -0.15) is 0 Å². The van der Waals surface area contributed by atoms with Crippen molar-refractivity contribution >= 4 is 29.2 Å². The smallest absolute Gasteiger partial charge is 0.307 e. The van der Waals surface area contributed by atoms with Crippen molar-refractivity contribution in [2.24, 2.45) is 5.92 Å². The molecule has 6 nitrogen and oxygen atoms in total. The van der Waals surface area contributed by atoms with Gasteiger partial charge < -0.3 is 15.4 Å². The normalized spacial score (nSPS) is 19.9. The summed E-state index contributed by atoms with van der Waals surface area (Å²) < 4.78 is 5.62. The van der Waals surface area contributed by atoms with Gasteiger partial charge in [0.15, 0.2) is 0 Å². The van der Waals surface area contributed by atoms with Crippen molar-refractivity contribution in [2.75, 3.05) is 10.6 Å². The number of amides is 2. The van der Waals surface area contributed by atoms with Gasteiger partial charge in [0, 0.05) is 16.9 Å². The lowest BCUT2D eigenvalue weighted by molar-refractivity contribution is -0.153. The second-order valence-electron chi connectivity index (χ2n) is 8.24. The number of nitrogens with one attached hydrogen (secondary N) is 2. The standard InChI is InChI=1S/C24H26N2O4/c1-16-5-9-18(10-6-16)25-22(28)17-7-11-19(12-8-17)26-23(29)20-15-21(27)30-24(20)13-3-2-4-14-24/h5-12,20H,2-4,13-15H2,1H3,(H,25,28)(H,26,29)/t20-/m1/s1. The lowest BCUT2D eigenvalue weighted by atomic mass is 9.75. The Labute approximate surface area is 176 Å². The van der Waals surface area contributed by atoms with Gasteiger partial charge in [0.1, 0.15) is 5.60 Å². The number of benzene rings is 2. The fraction of sp³-hybridized carbons (Fsp3) is 0.375. The average molecular weight is 406 g/mol. The van der Waals surface area contributed by atoms with E-state index in [-0.39, 0.29) is 24.2 Å². The molecule has 156 valence electrons. The van der Waals surface area contributed by atoms with Crippen LogP contribution in [-0.4, -0.2) is 23.4 Å². The number of esters is 1. The molecule has 2 aliphatic rings. The van der Waals surface area contributed by atoms with Crippen LogP contribution in [0.2, 0.25) is 0 Å². The molecular weight excluding hydrogens is 380 g/mol. The van der Waals surface area contributed by atoms with E-state index in [1.165, 1.54) is 0 Å². The van der Waals surface area contributed by atoms with E-state index in [9.17, 15) is 14.4 Å². The Balaban J connectivity index is 1.40. The van der Waals surface area contributed by atoms with Gasteiger partial charge in [0.2, 0.25) is 5.91 Å². The molecule has 6 heteroatoms. The molecule has 2 aromatic rings. The third-order valence-corrected chi connectivity index (χ3v) is 6.06. The second-order valence-corrected chi connectivity index (χ2v) is 8.24. The van der Waals surface area contributed by atoms with E-state index in [0.29, 0.717) is 11.3 Å². The summed E-state index contributed by atoms with van der Waals surface area (Å²) in [6, 6.07) is 14.3. The highest BCUT2D eigenvalue weighted by Crippen LogP contribution is 2.44. The maximum atomic E-state index is 12.9. The average Bonchev–Trinajstić information content (AvgIpc) is 3.06. The molecule has 2 amide bonds. The number of anilines is 2. The molecule has 0 aromatic heterocycles. The molecule has 1 aliphatic carbocycles. The van der Waals surface area contributed by atoms with Crippen molar-refractivity contribution in [2.45, 2.75) is 51.0 Å². The largest absolute Gasteiger partial charge is 0.458 e. The van der Waals surface area contributed by atoms with E-state index in [0.717, 1.165) is 43.4 Å². The summed E-state index contributed by atoms with van der Waals surface area (Å²) in [5.74, 6) is -1.16. The van der Waals surface area contributed by atoms with E-state index < -0.39 is 11.5 Å². The first-order valence-electron chi connectivity index (χ1n) is 10.5. The summed E-state index contributed by atoms with van der Waals surface area (Å²) in [5, 5.41) is 5.75. The maximum Gasteiger partial charge on any atom is 0.307 e. The topological polar surface area (TPSA) is 84.5 Å². The molecule has 0 unspecified atom stereocenters. The van der Waals surface area contributed by atoms with Crippen molar-refractivity contribution in [1.82, 2.24) is 0 Å². The van der Waals surface area contributed by atoms with Gasteiger partial charge in [0.05, 0.1) is 12.3 Å². The van der Waals surface area contributed by atoms with Crippen molar-refractivity contribution in [1.29, 1.82) is 0 Å². The molecule has 1 saturated carbocycles. The van der Waals surface area contributed by atoms with Gasteiger partial charge in [-0.15, -0.1) is 0 Å². The molecule has 0 radical (unpaired) electrons. The van der Waals surface area contributed by atoms with Crippen LogP contribution in [-0.2, 0) is 14.3 Å². The first-order valence-corrected chi connectivity index (χ1v) is 10.5. The summed E-state index contributed by atoms with van der Waals surface area (Å²) in [6.07, 6.45) is 4.68. The quantitative estimate of drug-likeness (QED) is 0.735. The van der Waals surface area contributed by atoms with Gasteiger partial charge in [0.25, 0.3) is 5.91 Å². The Hall–Kier alpha value is -3.15. The summed E-state index contributed by atoms with van der Waals surface area (Å²) in [5.41, 5.74) is 2.30. The molecule has 1 heterocycles. The van der Waals surface area contributed by atoms with Gasteiger partial charge >= 0.3 is 5.97 Å². The molecule has 30 heavy (non-hydrogen) atoms. The Bertz CT molecular complexity index is 944.